The fourth-order valence-electron chi connectivity index (χ4n) is 1.85. The molecule has 3 aromatic rings. The molecule has 0 unspecified atom stereocenters. The molecule has 11 heteroatoms. The van der Waals surface area contributed by atoms with Crippen LogP contribution >= 0.6 is 11.3 Å². The number of aromatic nitrogens is 4. The third-order valence-corrected chi connectivity index (χ3v) is 3.86. The molecule has 0 radical (unpaired) electrons. The number of imidazole rings is 1. The van der Waals surface area contributed by atoms with Crippen molar-refractivity contribution in [3.05, 3.63) is 46.1 Å². The second-order valence-corrected chi connectivity index (χ2v) is 5.61. The van der Waals surface area contributed by atoms with Crippen molar-refractivity contribution in [2.45, 2.75) is 0 Å². The van der Waals surface area contributed by atoms with Crippen molar-refractivity contribution in [2.24, 2.45) is 12.1 Å². The molecule has 3 rings (SSSR count). The molecule has 10 nitrogen and oxygen atoms in total. The molecule has 0 aliphatic heterocycles. The Labute approximate surface area is 139 Å². The van der Waals surface area contributed by atoms with Crippen LogP contribution in [0.3, 0.4) is 0 Å². The van der Waals surface area contributed by atoms with E-state index in [1.807, 2.05) is 0 Å². The molecule has 0 spiro atoms. The third-order valence-electron chi connectivity index (χ3n) is 3.03. The van der Waals surface area contributed by atoms with Crippen LogP contribution in [0.1, 0.15) is 5.56 Å². The van der Waals surface area contributed by atoms with Gasteiger partial charge in [0.25, 0.3) is 5.82 Å². The van der Waals surface area contributed by atoms with Crippen LogP contribution < -0.4 is 5.43 Å². The molecule has 1 aromatic carbocycles. The zero-order valence-corrected chi connectivity index (χ0v) is 13.1. The smallest absolute Gasteiger partial charge is 0.342 e. The first-order valence-corrected chi connectivity index (χ1v) is 7.44. The first kappa shape index (κ1) is 15.6. The van der Waals surface area contributed by atoms with Gasteiger partial charge in [0.2, 0.25) is 10.1 Å². The van der Waals surface area contributed by atoms with E-state index in [0.717, 1.165) is 5.56 Å². The van der Waals surface area contributed by atoms with Crippen LogP contribution in [0.4, 0.5) is 10.9 Å². The lowest BCUT2D eigenvalue weighted by atomic mass is 10.2. The van der Waals surface area contributed by atoms with E-state index in [-0.39, 0.29) is 11.6 Å². The molecule has 0 bridgehead atoms. The lowest BCUT2D eigenvalue weighted by Gasteiger charge is -1.95. The van der Waals surface area contributed by atoms with Gasteiger partial charge in [-0.05, 0) is 34.8 Å². The summed E-state index contributed by atoms with van der Waals surface area (Å²) in [5, 5.41) is 32.8. The van der Waals surface area contributed by atoms with Crippen LogP contribution in [0.25, 0.3) is 10.8 Å². The maximum absolute atomic E-state index is 10.8. The summed E-state index contributed by atoms with van der Waals surface area (Å²) in [4.78, 5) is 14.3. The van der Waals surface area contributed by atoms with Crippen molar-refractivity contribution in [1.29, 1.82) is 0 Å². The van der Waals surface area contributed by atoms with Gasteiger partial charge in [-0.15, -0.1) is 10.2 Å². The number of benzene rings is 1. The van der Waals surface area contributed by atoms with E-state index in [9.17, 15) is 15.2 Å². The number of aromatic hydroxyl groups is 1. The van der Waals surface area contributed by atoms with E-state index in [0.29, 0.717) is 16.0 Å². The molecule has 0 aliphatic rings. The molecule has 2 aromatic heterocycles. The topological polar surface area (TPSA) is 131 Å². The summed E-state index contributed by atoms with van der Waals surface area (Å²) >= 11 is 1.17. The quantitative estimate of drug-likeness (QED) is 0.410. The van der Waals surface area contributed by atoms with E-state index < -0.39 is 4.92 Å². The third kappa shape index (κ3) is 3.20. The maximum atomic E-state index is 10.8. The Kier molecular flexibility index (Phi) is 4.16. The molecule has 0 fully saturated rings. The summed E-state index contributed by atoms with van der Waals surface area (Å²) in [5.41, 5.74) is 3.52. The number of phenols is 1. The molecular weight excluding hydrogens is 334 g/mol. The second-order valence-electron chi connectivity index (χ2n) is 4.63. The van der Waals surface area contributed by atoms with E-state index in [1.54, 1.807) is 30.5 Å². The lowest BCUT2D eigenvalue weighted by molar-refractivity contribution is -0.391. The van der Waals surface area contributed by atoms with Gasteiger partial charge in [0.1, 0.15) is 11.9 Å². The predicted molar refractivity (Wildman–Crippen MR) is 88.1 cm³/mol. The minimum atomic E-state index is -0.515. The molecule has 0 amide bonds. The van der Waals surface area contributed by atoms with Crippen molar-refractivity contribution >= 4 is 28.5 Å². The highest BCUT2D eigenvalue weighted by Crippen LogP contribution is 2.27. The van der Waals surface area contributed by atoms with E-state index in [4.69, 9.17) is 0 Å². The number of hydrogen-bond donors (Lipinski definition) is 2. The molecule has 2 heterocycles. The molecule has 24 heavy (non-hydrogen) atoms. The van der Waals surface area contributed by atoms with Crippen LogP contribution in [0, 0.1) is 10.1 Å². The van der Waals surface area contributed by atoms with Crippen molar-refractivity contribution in [1.82, 2.24) is 19.7 Å². The molecule has 122 valence electrons. The fraction of sp³-hybridized carbons (Fsp3) is 0.0769. The molecule has 0 aliphatic carbocycles. The molecular formula is C13H11N7O3S. The largest absolute Gasteiger partial charge is 0.508 e. The summed E-state index contributed by atoms with van der Waals surface area (Å²) in [5.74, 6) is 0.410. The summed E-state index contributed by atoms with van der Waals surface area (Å²) in [6.45, 7) is 0. The zero-order chi connectivity index (χ0) is 17.1. The van der Waals surface area contributed by atoms with Crippen LogP contribution in [0.2, 0.25) is 0 Å². The van der Waals surface area contributed by atoms with Gasteiger partial charge in [-0.1, -0.05) is 11.3 Å². The van der Waals surface area contributed by atoms with Crippen molar-refractivity contribution < 1.29 is 10.0 Å². The van der Waals surface area contributed by atoms with E-state index >= 15 is 0 Å². The number of hydrazone groups is 1. The number of nitro groups is 1. The lowest BCUT2D eigenvalue weighted by Crippen LogP contribution is -1.98. The first-order valence-electron chi connectivity index (χ1n) is 6.62. The number of nitrogens with one attached hydrogen (secondary N) is 1. The highest BCUT2D eigenvalue weighted by molar-refractivity contribution is 7.18. The van der Waals surface area contributed by atoms with Crippen LogP contribution in [-0.2, 0) is 7.05 Å². The van der Waals surface area contributed by atoms with Gasteiger partial charge < -0.3 is 15.2 Å². The van der Waals surface area contributed by atoms with Gasteiger partial charge >= 0.3 is 5.82 Å². The summed E-state index contributed by atoms with van der Waals surface area (Å²) in [7, 11) is 1.54. The SMILES string of the molecule is Cn1c([N+](=O)[O-])cnc1-c1nnc(N/N=C\c2ccc(O)cc2)s1. The minimum absolute atomic E-state index is 0.125. The monoisotopic (exact) mass is 345 g/mol. The van der Waals surface area contributed by atoms with Crippen LogP contribution in [0.5, 0.6) is 5.75 Å². The summed E-state index contributed by atoms with van der Waals surface area (Å²) in [6, 6.07) is 6.52. The Balaban J connectivity index is 1.72. The van der Waals surface area contributed by atoms with Crippen LogP contribution in [0.15, 0.2) is 35.6 Å². The summed E-state index contributed by atoms with van der Waals surface area (Å²) in [6.07, 6.45) is 2.74. The Morgan fingerprint density at radius 2 is 2.12 bits per heavy atom. The Hall–Kier alpha value is -3.34. The van der Waals surface area contributed by atoms with Gasteiger partial charge in [-0.25, -0.2) is 9.55 Å². The van der Waals surface area contributed by atoms with Gasteiger partial charge in [0, 0.05) is 0 Å². The normalized spacial score (nSPS) is 11.0. The van der Waals surface area contributed by atoms with E-state index in [1.165, 1.54) is 29.1 Å². The summed E-state index contributed by atoms with van der Waals surface area (Å²) < 4.78 is 1.34. The maximum Gasteiger partial charge on any atom is 0.342 e. The minimum Gasteiger partial charge on any atom is -0.508 e. The van der Waals surface area contributed by atoms with Crippen molar-refractivity contribution in [3.8, 4) is 16.6 Å². The molecule has 2 N–H and O–H groups in total. The van der Waals surface area contributed by atoms with Crippen LogP contribution in [-0.4, -0.2) is 36.0 Å². The Bertz CT molecular complexity index is 901. The first-order chi connectivity index (χ1) is 11.5. The number of nitrogens with zero attached hydrogens (tertiary/aromatic N) is 6. The van der Waals surface area contributed by atoms with Gasteiger partial charge in [0.15, 0.2) is 0 Å². The number of phenolic OH excluding ortho intramolecular Hbond substituents is 1. The van der Waals surface area contributed by atoms with Gasteiger partial charge in [0.05, 0.1) is 13.3 Å². The highest BCUT2D eigenvalue weighted by atomic mass is 32.1. The molecule has 0 saturated carbocycles. The fourth-order valence-corrected chi connectivity index (χ4v) is 2.58. The number of anilines is 1. The Morgan fingerprint density at radius 3 is 2.79 bits per heavy atom. The predicted octanol–water partition coefficient (Wildman–Crippen LogP) is 2.00. The zero-order valence-electron chi connectivity index (χ0n) is 12.3. The molecule has 0 atom stereocenters. The van der Waals surface area contributed by atoms with Crippen molar-refractivity contribution in [3.63, 3.8) is 0 Å². The average molecular weight is 345 g/mol. The number of rotatable bonds is 5. The van der Waals surface area contributed by atoms with Gasteiger partial charge in [-0.3, -0.25) is 5.43 Å². The number of hydrogen-bond acceptors (Lipinski definition) is 9. The Morgan fingerprint density at radius 1 is 1.38 bits per heavy atom. The standard InChI is InChI=1S/C13H11N7O3S/c1-19-10(20(22)23)7-14-11(19)12-16-18-13(24-12)17-15-6-8-2-4-9(21)5-3-8/h2-7,21H,1H3,(H,17,18)/b15-6-. The van der Waals surface area contributed by atoms with Gasteiger partial charge in [-0.2, -0.15) is 5.10 Å². The second kappa shape index (κ2) is 6.42. The van der Waals surface area contributed by atoms with E-state index in [2.05, 4.69) is 25.7 Å². The highest BCUT2D eigenvalue weighted by Gasteiger charge is 2.21. The van der Waals surface area contributed by atoms with Crippen molar-refractivity contribution in [2.75, 3.05) is 5.43 Å². The average Bonchev–Trinajstić information content (AvgIpc) is 3.15. The molecule has 0 saturated heterocycles.